The molecule has 0 spiro atoms. The lowest BCUT2D eigenvalue weighted by Gasteiger charge is -2.24. The van der Waals surface area contributed by atoms with Crippen LogP contribution in [0.25, 0.3) is 0 Å². The number of ether oxygens (including phenoxy) is 3. The Morgan fingerprint density at radius 2 is 1.68 bits per heavy atom. The van der Waals surface area contributed by atoms with Gasteiger partial charge >= 0.3 is 11.9 Å². The van der Waals surface area contributed by atoms with Crippen molar-refractivity contribution in [3.63, 3.8) is 0 Å². The summed E-state index contributed by atoms with van der Waals surface area (Å²) in [4.78, 5) is 25.1. The Morgan fingerprint density at radius 1 is 1.00 bits per heavy atom. The summed E-state index contributed by atoms with van der Waals surface area (Å²) in [6.07, 6.45) is 5.33. The van der Waals surface area contributed by atoms with Crippen molar-refractivity contribution in [2.24, 2.45) is 0 Å². The summed E-state index contributed by atoms with van der Waals surface area (Å²) in [5.74, 6) is -4.08. The van der Waals surface area contributed by atoms with Gasteiger partial charge < -0.3 is 19.1 Å². The second-order valence-corrected chi connectivity index (χ2v) is 4.73. The first-order valence-electron chi connectivity index (χ1n) is 7.03. The van der Waals surface area contributed by atoms with Gasteiger partial charge in [0.2, 0.25) is 0 Å². The topological polar surface area (TPSA) is 65.1 Å². The van der Waals surface area contributed by atoms with Crippen molar-refractivity contribution >= 4 is 17.6 Å². The van der Waals surface area contributed by atoms with Crippen LogP contribution in [0.4, 0.5) is 14.5 Å². The standard InChI is InChI=1S/C17H15F2NO5/c1-23-12-8-7-11(18)15(13(12)19)20-9-5-4-6-10(16(21)24-2)14(20)17(22)25-3/h4-9H,1-3H3. The highest BCUT2D eigenvalue weighted by Crippen LogP contribution is 2.35. The van der Waals surface area contributed by atoms with Crippen LogP contribution in [0, 0.1) is 11.6 Å². The fourth-order valence-corrected chi connectivity index (χ4v) is 2.24. The third-order valence-electron chi connectivity index (χ3n) is 3.38. The number of hydrogen-bond acceptors (Lipinski definition) is 6. The zero-order valence-electron chi connectivity index (χ0n) is 13.7. The highest BCUT2D eigenvalue weighted by molar-refractivity contribution is 6.05. The molecule has 0 radical (unpaired) electrons. The van der Waals surface area contributed by atoms with Crippen LogP contribution >= 0.6 is 0 Å². The number of allylic oxidation sites excluding steroid dienone is 2. The number of esters is 2. The predicted octanol–water partition coefficient (Wildman–Crippen LogP) is 2.46. The van der Waals surface area contributed by atoms with Gasteiger partial charge in [0.05, 0.1) is 26.9 Å². The van der Waals surface area contributed by atoms with Gasteiger partial charge in [0, 0.05) is 6.20 Å². The maximum Gasteiger partial charge on any atom is 0.355 e. The van der Waals surface area contributed by atoms with Crippen LogP contribution in [-0.4, -0.2) is 33.3 Å². The van der Waals surface area contributed by atoms with Crippen molar-refractivity contribution in [1.29, 1.82) is 0 Å². The van der Waals surface area contributed by atoms with Crippen LogP contribution < -0.4 is 9.64 Å². The van der Waals surface area contributed by atoms with E-state index in [1.165, 1.54) is 31.5 Å². The van der Waals surface area contributed by atoms with Crippen molar-refractivity contribution in [2.75, 3.05) is 26.2 Å². The molecule has 0 aromatic heterocycles. The molecule has 1 aromatic carbocycles. The van der Waals surface area contributed by atoms with Gasteiger partial charge in [0.1, 0.15) is 11.4 Å². The first-order chi connectivity index (χ1) is 12.0. The lowest BCUT2D eigenvalue weighted by Crippen LogP contribution is -2.28. The minimum Gasteiger partial charge on any atom is -0.494 e. The van der Waals surface area contributed by atoms with E-state index in [-0.39, 0.29) is 11.3 Å². The molecule has 8 heteroatoms. The molecular weight excluding hydrogens is 336 g/mol. The van der Waals surface area contributed by atoms with Crippen molar-refractivity contribution < 1.29 is 32.6 Å². The smallest absolute Gasteiger partial charge is 0.355 e. The Bertz CT molecular complexity index is 798. The molecule has 2 rings (SSSR count). The Labute approximate surface area is 142 Å². The molecular formula is C17H15F2NO5. The monoisotopic (exact) mass is 351 g/mol. The minimum absolute atomic E-state index is 0.221. The SMILES string of the molecule is COC(=O)C1=C(C(=O)OC)N(c2c(F)ccc(OC)c2F)C=CC=C1. The van der Waals surface area contributed by atoms with E-state index in [4.69, 9.17) is 4.74 Å². The number of nitrogens with zero attached hydrogens (tertiary/aromatic N) is 1. The van der Waals surface area contributed by atoms with E-state index >= 15 is 0 Å². The average molecular weight is 351 g/mol. The number of halogens is 2. The van der Waals surface area contributed by atoms with E-state index in [0.717, 1.165) is 31.3 Å². The summed E-state index contributed by atoms with van der Waals surface area (Å²) >= 11 is 0. The van der Waals surface area contributed by atoms with Crippen LogP contribution in [0.2, 0.25) is 0 Å². The molecule has 0 aliphatic carbocycles. The number of benzene rings is 1. The van der Waals surface area contributed by atoms with E-state index in [9.17, 15) is 18.4 Å². The molecule has 0 amide bonds. The maximum absolute atomic E-state index is 14.6. The quantitative estimate of drug-likeness (QED) is 0.777. The van der Waals surface area contributed by atoms with Crippen LogP contribution in [0.15, 0.2) is 47.8 Å². The van der Waals surface area contributed by atoms with Crippen LogP contribution in [0.1, 0.15) is 0 Å². The number of hydrogen-bond donors (Lipinski definition) is 0. The third-order valence-corrected chi connectivity index (χ3v) is 3.38. The number of rotatable bonds is 4. The average Bonchev–Trinajstić information content (AvgIpc) is 2.83. The van der Waals surface area contributed by atoms with Crippen molar-refractivity contribution in [1.82, 2.24) is 0 Å². The fraction of sp³-hybridized carbons (Fsp3) is 0.176. The summed E-state index contributed by atoms with van der Waals surface area (Å²) in [6.45, 7) is 0. The second kappa shape index (κ2) is 7.61. The van der Waals surface area contributed by atoms with E-state index < -0.39 is 35.0 Å². The molecule has 0 N–H and O–H groups in total. The van der Waals surface area contributed by atoms with Crippen LogP contribution in [0.3, 0.4) is 0 Å². The van der Waals surface area contributed by atoms with Crippen molar-refractivity contribution in [2.45, 2.75) is 0 Å². The normalized spacial score (nSPS) is 13.6. The lowest BCUT2D eigenvalue weighted by atomic mass is 10.1. The van der Waals surface area contributed by atoms with Gasteiger partial charge in [-0.3, -0.25) is 0 Å². The Kier molecular flexibility index (Phi) is 5.53. The number of anilines is 1. The fourth-order valence-electron chi connectivity index (χ4n) is 2.24. The zero-order valence-corrected chi connectivity index (χ0v) is 13.7. The molecule has 0 saturated heterocycles. The summed E-state index contributed by atoms with van der Waals surface area (Å²) < 4.78 is 43.2. The highest BCUT2D eigenvalue weighted by atomic mass is 19.1. The molecule has 132 valence electrons. The maximum atomic E-state index is 14.6. The molecule has 0 saturated carbocycles. The van der Waals surface area contributed by atoms with Gasteiger partial charge in [-0.1, -0.05) is 6.08 Å². The molecule has 1 aromatic rings. The van der Waals surface area contributed by atoms with Crippen molar-refractivity contribution in [3.8, 4) is 5.75 Å². The molecule has 25 heavy (non-hydrogen) atoms. The van der Waals surface area contributed by atoms with Gasteiger partial charge in [0.15, 0.2) is 17.4 Å². The summed E-state index contributed by atoms with van der Waals surface area (Å²) in [7, 11) is 3.42. The Hall–Kier alpha value is -3.16. The lowest BCUT2D eigenvalue weighted by molar-refractivity contribution is -0.139. The van der Waals surface area contributed by atoms with Crippen LogP contribution in [-0.2, 0) is 19.1 Å². The van der Waals surface area contributed by atoms with Crippen LogP contribution in [0.5, 0.6) is 5.75 Å². The summed E-state index contributed by atoms with van der Waals surface area (Å²) in [5.41, 5.74) is -1.22. The molecule has 0 atom stereocenters. The first kappa shape index (κ1) is 18.2. The molecule has 1 heterocycles. The molecule has 0 fully saturated rings. The molecule has 0 bridgehead atoms. The summed E-state index contributed by atoms with van der Waals surface area (Å²) in [5, 5.41) is 0. The molecule has 1 aliphatic heterocycles. The number of carbonyl (C=O) groups is 2. The van der Waals surface area contributed by atoms with Gasteiger partial charge in [-0.05, 0) is 24.3 Å². The van der Waals surface area contributed by atoms with E-state index in [1.807, 2.05) is 0 Å². The largest absolute Gasteiger partial charge is 0.494 e. The zero-order chi connectivity index (χ0) is 18.6. The van der Waals surface area contributed by atoms with Gasteiger partial charge in [-0.25, -0.2) is 18.4 Å². The van der Waals surface area contributed by atoms with Crippen molar-refractivity contribution in [3.05, 3.63) is 59.5 Å². The molecule has 0 unspecified atom stereocenters. The first-order valence-corrected chi connectivity index (χ1v) is 7.03. The third kappa shape index (κ3) is 3.37. The van der Waals surface area contributed by atoms with E-state index in [1.54, 1.807) is 0 Å². The predicted molar refractivity (Wildman–Crippen MR) is 84.7 cm³/mol. The second-order valence-electron chi connectivity index (χ2n) is 4.73. The molecule has 6 nitrogen and oxygen atoms in total. The van der Waals surface area contributed by atoms with Gasteiger partial charge in [0.25, 0.3) is 0 Å². The van der Waals surface area contributed by atoms with Gasteiger partial charge in [-0.2, -0.15) is 0 Å². The number of carbonyl (C=O) groups excluding carboxylic acids is 2. The van der Waals surface area contributed by atoms with Gasteiger partial charge in [-0.15, -0.1) is 0 Å². The van der Waals surface area contributed by atoms with E-state index in [0.29, 0.717) is 0 Å². The minimum atomic E-state index is -1.04. The Balaban J connectivity index is 2.78. The Morgan fingerprint density at radius 3 is 2.28 bits per heavy atom. The van der Waals surface area contributed by atoms with E-state index in [2.05, 4.69) is 9.47 Å². The number of methoxy groups -OCH3 is 3. The highest BCUT2D eigenvalue weighted by Gasteiger charge is 2.31. The summed E-state index contributed by atoms with van der Waals surface area (Å²) in [6, 6.07) is 2.09. The molecule has 1 aliphatic rings.